The van der Waals surface area contributed by atoms with Crippen molar-refractivity contribution in [3.05, 3.63) is 102 Å². The summed E-state index contributed by atoms with van der Waals surface area (Å²) in [6.07, 6.45) is -2.72. The molecule has 0 bridgehead atoms. The molecule has 6 rings (SSSR count). The van der Waals surface area contributed by atoms with Gasteiger partial charge in [-0.25, -0.2) is 13.4 Å². The van der Waals surface area contributed by atoms with Crippen molar-refractivity contribution < 1.29 is 45.3 Å². The van der Waals surface area contributed by atoms with Crippen LogP contribution in [0, 0.1) is 0 Å². The van der Waals surface area contributed by atoms with Gasteiger partial charge in [0, 0.05) is 57.3 Å². The standard InChI is InChI=1S/C38H40F3N5O7S/c1-44-34-23-33(53-36-15-7-29(24-42-36)43-54(48,49)21-3-20-51-31-13-11-30(50-2)12-14-31)10-6-28(34)22-35(44)37(47)46-18-16-45(17-19-46)25-27-4-8-32(9-5-27)52-26-38(39,40)41/h4-15,22-24,43H,3,16-21,25-26H2,1-2H3. The maximum Gasteiger partial charge on any atom is 0.422 e. The summed E-state index contributed by atoms with van der Waals surface area (Å²) in [6, 6.07) is 24.0. The molecule has 3 aromatic carbocycles. The number of hydrogen-bond donors (Lipinski definition) is 1. The second-order valence-corrected chi connectivity index (χ2v) is 14.6. The van der Waals surface area contributed by atoms with E-state index in [2.05, 4.69) is 14.6 Å². The normalized spacial score (nSPS) is 13.8. The molecule has 1 saturated heterocycles. The molecule has 0 atom stereocenters. The summed E-state index contributed by atoms with van der Waals surface area (Å²) in [5.41, 5.74) is 2.56. The highest BCUT2D eigenvalue weighted by molar-refractivity contribution is 7.92. The third kappa shape index (κ3) is 10.3. The van der Waals surface area contributed by atoms with Gasteiger partial charge in [-0.1, -0.05) is 12.1 Å². The molecule has 1 aliphatic heterocycles. The number of nitrogens with one attached hydrogen (secondary N) is 1. The van der Waals surface area contributed by atoms with Crippen LogP contribution in [0.4, 0.5) is 18.9 Å². The van der Waals surface area contributed by atoms with Crippen LogP contribution in [-0.4, -0.2) is 92.1 Å². The number of anilines is 1. The molecule has 3 heterocycles. The summed E-state index contributed by atoms with van der Waals surface area (Å²) in [6.45, 7) is 1.85. The molecule has 0 aliphatic carbocycles. The fourth-order valence-corrected chi connectivity index (χ4v) is 7.01. The van der Waals surface area contributed by atoms with Crippen LogP contribution in [0.1, 0.15) is 22.5 Å². The lowest BCUT2D eigenvalue weighted by Crippen LogP contribution is -2.48. The molecule has 1 amide bonds. The van der Waals surface area contributed by atoms with Crippen molar-refractivity contribution >= 4 is 32.5 Å². The molecule has 1 fully saturated rings. The van der Waals surface area contributed by atoms with Crippen LogP contribution in [0.2, 0.25) is 0 Å². The lowest BCUT2D eigenvalue weighted by atomic mass is 10.2. The van der Waals surface area contributed by atoms with E-state index in [-0.39, 0.29) is 36.3 Å². The number of benzene rings is 3. The molecule has 0 spiro atoms. The first-order valence-electron chi connectivity index (χ1n) is 17.1. The summed E-state index contributed by atoms with van der Waals surface area (Å²) in [7, 11) is -0.237. The van der Waals surface area contributed by atoms with Crippen molar-refractivity contribution in [2.75, 3.05) is 57.0 Å². The minimum atomic E-state index is -4.39. The number of aryl methyl sites for hydroxylation is 1. The third-order valence-electron chi connectivity index (χ3n) is 8.75. The largest absolute Gasteiger partial charge is 0.497 e. The molecule has 12 nitrogen and oxygen atoms in total. The van der Waals surface area contributed by atoms with Gasteiger partial charge in [-0.2, -0.15) is 13.2 Å². The molecule has 54 heavy (non-hydrogen) atoms. The van der Waals surface area contributed by atoms with Crippen molar-refractivity contribution in [1.29, 1.82) is 0 Å². The minimum absolute atomic E-state index is 0.0912. The SMILES string of the molecule is COc1ccc(OCCCS(=O)(=O)Nc2ccc(Oc3ccc4cc(C(=O)N5CCN(Cc6ccc(OCC(F)(F)F)cc6)CC5)n(C)c4c3)nc2)cc1. The van der Waals surface area contributed by atoms with Gasteiger partial charge in [0.25, 0.3) is 5.91 Å². The van der Waals surface area contributed by atoms with E-state index in [4.69, 9.17) is 18.9 Å². The maximum absolute atomic E-state index is 13.6. The number of carbonyl (C=O) groups is 1. The maximum atomic E-state index is 13.6. The first kappa shape index (κ1) is 38.3. The highest BCUT2D eigenvalue weighted by atomic mass is 32.2. The van der Waals surface area contributed by atoms with Crippen molar-refractivity contribution in [3.63, 3.8) is 0 Å². The zero-order chi connectivity index (χ0) is 38.3. The monoisotopic (exact) mass is 767 g/mol. The van der Waals surface area contributed by atoms with Gasteiger partial charge in [0.1, 0.15) is 28.7 Å². The number of piperazine rings is 1. The predicted octanol–water partition coefficient (Wildman–Crippen LogP) is 6.48. The minimum Gasteiger partial charge on any atom is -0.497 e. The summed E-state index contributed by atoms with van der Waals surface area (Å²) >= 11 is 0. The molecule has 1 N–H and O–H groups in total. The fraction of sp³-hybridized carbons (Fsp3) is 0.316. The van der Waals surface area contributed by atoms with E-state index in [0.29, 0.717) is 61.4 Å². The van der Waals surface area contributed by atoms with E-state index in [1.807, 2.05) is 34.7 Å². The van der Waals surface area contributed by atoms with E-state index < -0.39 is 22.8 Å². The molecular formula is C38H40F3N5O7S. The Morgan fingerprint density at radius 2 is 1.52 bits per heavy atom. The Morgan fingerprint density at radius 1 is 0.852 bits per heavy atom. The Hall–Kier alpha value is -5.48. The molecular weight excluding hydrogens is 728 g/mol. The second kappa shape index (κ2) is 16.7. The smallest absolute Gasteiger partial charge is 0.422 e. The van der Waals surface area contributed by atoms with Gasteiger partial charge in [0.05, 0.1) is 36.9 Å². The van der Waals surface area contributed by atoms with Gasteiger partial charge in [0.2, 0.25) is 15.9 Å². The van der Waals surface area contributed by atoms with Crippen LogP contribution in [0.5, 0.6) is 28.9 Å². The Labute approximate surface area is 311 Å². The zero-order valence-corrected chi connectivity index (χ0v) is 30.5. The van der Waals surface area contributed by atoms with Crippen LogP contribution in [0.3, 0.4) is 0 Å². The number of amides is 1. The lowest BCUT2D eigenvalue weighted by molar-refractivity contribution is -0.153. The van der Waals surface area contributed by atoms with Crippen molar-refractivity contribution in [1.82, 2.24) is 19.4 Å². The number of carbonyl (C=O) groups excluding carboxylic acids is 1. The summed E-state index contributed by atoms with van der Waals surface area (Å²) < 4.78 is 88.3. The Bertz CT molecular complexity index is 2140. The molecule has 0 saturated carbocycles. The Balaban J connectivity index is 0.975. The Morgan fingerprint density at radius 3 is 2.19 bits per heavy atom. The molecule has 2 aromatic heterocycles. The number of aromatic nitrogens is 2. The zero-order valence-electron chi connectivity index (χ0n) is 29.7. The average molecular weight is 768 g/mol. The van der Waals surface area contributed by atoms with Crippen LogP contribution in [-0.2, 0) is 23.6 Å². The van der Waals surface area contributed by atoms with Crippen molar-refractivity contribution in [2.45, 2.75) is 19.1 Å². The van der Waals surface area contributed by atoms with Gasteiger partial charge < -0.3 is 28.4 Å². The van der Waals surface area contributed by atoms with E-state index in [1.165, 1.54) is 18.3 Å². The van der Waals surface area contributed by atoms with Gasteiger partial charge in [-0.15, -0.1) is 0 Å². The van der Waals surface area contributed by atoms with Gasteiger partial charge in [0.15, 0.2) is 6.61 Å². The number of fused-ring (bicyclic) bond motifs is 1. The third-order valence-corrected chi connectivity index (χ3v) is 10.1. The van der Waals surface area contributed by atoms with Crippen LogP contribution in [0.25, 0.3) is 10.9 Å². The molecule has 5 aromatic rings. The lowest BCUT2D eigenvalue weighted by Gasteiger charge is -2.34. The van der Waals surface area contributed by atoms with Crippen LogP contribution >= 0.6 is 0 Å². The second-order valence-electron chi connectivity index (χ2n) is 12.7. The van der Waals surface area contributed by atoms with Gasteiger partial charge in [-0.05, 0) is 72.6 Å². The molecule has 16 heteroatoms. The molecule has 286 valence electrons. The van der Waals surface area contributed by atoms with Gasteiger partial charge >= 0.3 is 6.18 Å². The van der Waals surface area contributed by atoms with E-state index in [0.717, 1.165) is 16.5 Å². The van der Waals surface area contributed by atoms with Crippen molar-refractivity contribution in [3.8, 4) is 28.9 Å². The number of ether oxygens (including phenoxy) is 4. The topological polar surface area (TPSA) is 124 Å². The molecule has 0 radical (unpaired) electrons. The first-order chi connectivity index (χ1) is 25.8. The number of nitrogens with zero attached hydrogens (tertiary/aromatic N) is 4. The number of alkyl halides is 3. The van der Waals surface area contributed by atoms with Gasteiger partial charge in [-0.3, -0.25) is 14.4 Å². The quantitative estimate of drug-likeness (QED) is 0.119. The number of halogens is 3. The predicted molar refractivity (Wildman–Crippen MR) is 197 cm³/mol. The summed E-state index contributed by atoms with van der Waals surface area (Å²) in [5.74, 6) is 2.02. The number of hydrogen-bond acceptors (Lipinski definition) is 9. The van der Waals surface area contributed by atoms with Crippen molar-refractivity contribution in [2.24, 2.45) is 7.05 Å². The highest BCUT2D eigenvalue weighted by Gasteiger charge is 2.28. The van der Waals surface area contributed by atoms with E-state index in [9.17, 15) is 26.4 Å². The number of pyridine rings is 1. The van der Waals surface area contributed by atoms with Crippen LogP contribution in [0.15, 0.2) is 91.1 Å². The summed E-state index contributed by atoms with van der Waals surface area (Å²) in [5, 5.41) is 0.863. The molecule has 0 unspecified atom stereocenters. The number of rotatable bonds is 15. The fourth-order valence-electron chi connectivity index (χ4n) is 5.93. The van der Waals surface area contributed by atoms with E-state index >= 15 is 0 Å². The van der Waals surface area contributed by atoms with E-state index in [1.54, 1.807) is 61.7 Å². The summed E-state index contributed by atoms with van der Waals surface area (Å²) in [4.78, 5) is 21.8. The average Bonchev–Trinajstić information content (AvgIpc) is 3.49. The van der Waals surface area contributed by atoms with Crippen LogP contribution < -0.4 is 23.7 Å². The highest BCUT2D eigenvalue weighted by Crippen LogP contribution is 2.28. The Kier molecular flexibility index (Phi) is 11.8. The number of methoxy groups -OCH3 is 1. The number of sulfonamides is 1. The first-order valence-corrected chi connectivity index (χ1v) is 18.8. The molecule has 1 aliphatic rings.